The first-order chi connectivity index (χ1) is 9.05. The fraction of sp³-hybridized carbons (Fsp3) is 0.867. The number of amides is 2. The van der Waals surface area contributed by atoms with Crippen molar-refractivity contribution >= 4 is 11.8 Å². The molecule has 0 spiro atoms. The SMILES string of the molecule is CCC(C)C1NC(=O)CN(CC2(C3CC3)CC2)C1=O. The van der Waals surface area contributed by atoms with E-state index in [0.29, 0.717) is 5.41 Å². The van der Waals surface area contributed by atoms with Crippen LogP contribution in [0.2, 0.25) is 0 Å². The van der Waals surface area contributed by atoms with Gasteiger partial charge in [-0.2, -0.15) is 0 Å². The van der Waals surface area contributed by atoms with E-state index in [4.69, 9.17) is 0 Å². The van der Waals surface area contributed by atoms with Gasteiger partial charge in [-0.25, -0.2) is 0 Å². The van der Waals surface area contributed by atoms with Crippen LogP contribution in [0.4, 0.5) is 0 Å². The van der Waals surface area contributed by atoms with Crippen molar-refractivity contribution in [2.24, 2.45) is 17.3 Å². The van der Waals surface area contributed by atoms with Crippen LogP contribution in [0.1, 0.15) is 46.0 Å². The maximum absolute atomic E-state index is 12.5. The van der Waals surface area contributed by atoms with Gasteiger partial charge in [0.25, 0.3) is 0 Å². The van der Waals surface area contributed by atoms with Crippen molar-refractivity contribution < 1.29 is 9.59 Å². The fourth-order valence-corrected chi connectivity index (χ4v) is 3.42. The zero-order chi connectivity index (χ0) is 13.6. The molecule has 1 N–H and O–H groups in total. The van der Waals surface area contributed by atoms with E-state index in [1.165, 1.54) is 25.7 Å². The highest BCUT2D eigenvalue weighted by Crippen LogP contribution is 2.61. The van der Waals surface area contributed by atoms with Gasteiger partial charge < -0.3 is 10.2 Å². The van der Waals surface area contributed by atoms with Crippen molar-refractivity contribution in [1.82, 2.24) is 10.2 Å². The second-order valence-electron chi connectivity index (χ2n) is 6.76. The standard InChI is InChI=1S/C15H24N2O2/c1-3-10(2)13-14(19)17(8-12(18)16-13)9-15(6-7-15)11-4-5-11/h10-11,13H,3-9H2,1-2H3,(H,16,18). The summed E-state index contributed by atoms with van der Waals surface area (Å²) in [6.45, 7) is 5.19. The summed E-state index contributed by atoms with van der Waals surface area (Å²) in [5.74, 6) is 1.19. The molecule has 1 heterocycles. The van der Waals surface area contributed by atoms with E-state index in [0.717, 1.165) is 18.9 Å². The Morgan fingerprint density at radius 3 is 2.58 bits per heavy atom. The summed E-state index contributed by atoms with van der Waals surface area (Å²) in [4.78, 5) is 26.2. The Morgan fingerprint density at radius 2 is 2.05 bits per heavy atom. The lowest BCUT2D eigenvalue weighted by Gasteiger charge is -2.37. The van der Waals surface area contributed by atoms with Gasteiger partial charge in [0.1, 0.15) is 6.04 Å². The molecular formula is C15H24N2O2. The van der Waals surface area contributed by atoms with Crippen molar-refractivity contribution in [3.63, 3.8) is 0 Å². The summed E-state index contributed by atoms with van der Waals surface area (Å²) in [6.07, 6.45) is 6.05. The van der Waals surface area contributed by atoms with E-state index in [9.17, 15) is 9.59 Å². The van der Waals surface area contributed by atoms with Crippen LogP contribution in [0.5, 0.6) is 0 Å². The predicted molar refractivity (Wildman–Crippen MR) is 72.4 cm³/mol. The summed E-state index contributed by atoms with van der Waals surface area (Å²) >= 11 is 0. The minimum atomic E-state index is -0.304. The minimum absolute atomic E-state index is 0.0106. The van der Waals surface area contributed by atoms with Crippen molar-refractivity contribution in [1.29, 1.82) is 0 Å². The number of hydrogen-bond acceptors (Lipinski definition) is 2. The normalized spacial score (nSPS) is 31.1. The first-order valence-corrected chi connectivity index (χ1v) is 7.64. The summed E-state index contributed by atoms with van der Waals surface area (Å²) in [5.41, 5.74) is 0.382. The van der Waals surface area contributed by atoms with Gasteiger partial charge in [0.15, 0.2) is 0 Å². The molecule has 0 aromatic heterocycles. The number of hydrogen-bond donors (Lipinski definition) is 1. The molecule has 106 valence electrons. The molecule has 2 aliphatic carbocycles. The Kier molecular flexibility index (Phi) is 3.06. The molecule has 1 aliphatic heterocycles. The average Bonchev–Trinajstić information content (AvgIpc) is 3.24. The van der Waals surface area contributed by atoms with Gasteiger partial charge in [0.05, 0.1) is 6.54 Å². The van der Waals surface area contributed by atoms with Gasteiger partial charge in [0, 0.05) is 6.54 Å². The molecule has 2 atom stereocenters. The third kappa shape index (κ3) is 2.37. The zero-order valence-electron chi connectivity index (χ0n) is 11.9. The average molecular weight is 264 g/mol. The van der Waals surface area contributed by atoms with Crippen molar-refractivity contribution in [2.45, 2.75) is 52.0 Å². The number of nitrogens with zero attached hydrogens (tertiary/aromatic N) is 1. The van der Waals surface area contributed by atoms with Gasteiger partial charge in [-0.05, 0) is 42.9 Å². The molecule has 2 amide bonds. The monoisotopic (exact) mass is 264 g/mol. The number of piperazine rings is 1. The Labute approximate surface area is 114 Å². The number of carbonyl (C=O) groups excluding carboxylic acids is 2. The molecule has 0 bridgehead atoms. The van der Waals surface area contributed by atoms with E-state index < -0.39 is 0 Å². The zero-order valence-corrected chi connectivity index (χ0v) is 11.9. The van der Waals surface area contributed by atoms with Crippen LogP contribution >= 0.6 is 0 Å². The van der Waals surface area contributed by atoms with Gasteiger partial charge in [-0.15, -0.1) is 0 Å². The molecule has 0 aromatic rings. The summed E-state index contributed by atoms with van der Waals surface area (Å²) in [6, 6.07) is -0.304. The highest BCUT2D eigenvalue weighted by Gasteiger charge is 2.55. The molecular weight excluding hydrogens is 240 g/mol. The lowest BCUT2D eigenvalue weighted by molar-refractivity contribution is -0.146. The van der Waals surface area contributed by atoms with Crippen molar-refractivity contribution in [3.8, 4) is 0 Å². The van der Waals surface area contributed by atoms with Gasteiger partial charge >= 0.3 is 0 Å². The van der Waals surface area contributed by atoms with Crippen molar-refractivity contribution in [3.05, 3.63) is 0 Å². The Balaban J connectivity index is 1.69. The van der Waals surface area contributed by atoms with Crippen LogP contribution in [-0.4, -0.2) is 35.8 Å². The third-order valence-electron chi connectivity index (χ3n) is 5.28. The third-order valence-corrected chi connectivity index (χ3v) is 5.28. The lowest BCUT2D eigenvalue weighted by Crippen LogP contribution is -2.61. The maximum Gasteiger partial charge on any atom is 0.245 e. The fourth-order valence-electron chi connectivity index (χ4n) is 3.42. The molecule has 2 saturated carbocycles. The molecule has 19 heavy (non-hydrogen) atoms. The Bertz CT molecular complexity index is 399. The first kappa shape index (κ1) is 12.9. The van der Waals surface area contributed by atoms with Crippen LogP contribution < -0.4 is 5.32 Å². The summed E-state index contributed by atoms with van der Waals surface area (Å²) in [7, 11) is 0. The van der Waals surface area contributed by atoms with Crippen LogP contribution in [0.25, 0.3) is 0 Å². The summed E-state index contributed by atoms with van der Waals surface area (Å²) < 4.78 is 0. The molecule has 3 rings (SSSR count). The molecule has 0 radical (unpaired) electrons. The maximum atomic E-state index is 12.5. The topological polar surface area (TPSA) is 49.4 Å². The lowest BCUT2D eigenvalue weighted by atomic mass is 9.94. The Morgan fingerprint density at radius 1 is 1.37 bits per heavy atom. The summed E-state index contributed by atoms with van der Waals surface area (Å²) in [5, 5.41) is 2.87. The second-order valence-corrected chi connectivity index (χ2v) is 6.76. The van der Waals surface area contributed by atoms with Gasteiger partial charge in [0.2, 0.25) is 11.8 Å². The van der Waals surface area contributed by atoms with Gasteiger partial charge in [-0.3, -0.25) is 9.59 Å². The minimum Gasteiger partial charge on any atom is -0.342 e. The van der Waals surface area contributed by atoms with Crippen molar-refractivity contribution in [2.75, 3.05) is 13.1 Å². The molecule has 2 unspecified atom stereocenters. The predicted octanol–water partition coefficient (Wildman–Crippen LogP) is 1.55. The molecule has 4 nitrogen and oxygen atoms in total. The largest absolute Gasteiger partial charge is 0.342 e. The van der Waals surface area contributed by atoms with E-state index in [1.54, 1.807) is 0 Å². The highest BCUT2D eigenvalue weighted by atomic mass is 16.2. The Hall–Kier alpha value is -1.06. The first-order valence-electron chi connectivity index (χ1n) is 7.64. The molecule has 3 aliphatic rings. The van der Waals surface area contributed by atoms with E-state index in [2.05, 4.69) is 12.2 Å². The van der Waals surface area contributed by atoms with Crippen LogP contribution in [0, 0.1) is 17.3 Å². The quantitative estimate of drug-likeness (QED) is 0.819. The van der Waals surface area contributed by atoms with Crippen LogP contribution in [-0.2, 0) is 9.59 Å². The molecule has 0 aromatic carbocycles. The molecule has 1 saturated heterocycles. The number of carbonyl (C=O) groups is 2. The molecule has 4 heteroatoms. The number of rotatable bonds is 5. The highest BCUT2D eigenvalue weighted by molar-refractivity contribution is 5.95. The smallest absolute Gasteiger partial charge is 0.245 e. The van der Waals surface area contributed by atoms with E-state index >= 15 is 0 Å². The van der Waals surface area contributed by atoms with Gasteiger partial charge in [-0.1, -0.05) is 20.3 Å². The number of nitrogens with one attached hydrogen (secondary N) is 1. The second kappa shape index (κ2) is 4.50. The van der Waals surface area contributed by atoms with Crippen LogP contribution in [0.3, 0.4) is 0 Å². The van der Waals surface area contributed by atoms with E-state index in [1.807, 2.05) is 11.8 Å². The van der Waals surface area contributed by atoms with E-state index in [-0.39, 0.29) is 30.3 Å². The van der Waals surface area contributed by atoms with Crippen LogP contribution in [0.15, 0.2) is 0 Å². The molecule has 3 fully saturated rings.